The number of aromatic nitrogens is 2. The first-order chi connectivity index (χ1) is 14.4. The Labute approximate surface area is 175 Å². The highest BCUT2D eigenvalue weighted by Crippen LogP contribution is 2.33. The Morgan fingerprint density at radius 2 is 1.93 bits per heavy atom. The summed E-state index contributed by atoms with van der Waals surface area (Å²) >= 11 is 0. The Hall–Kier alpha value is -1.66. The summed E-state index contributed by atoms with van der Waals surface area (Å²) < 4.78 is 49.3. The average Bonchev–Trinajstić information content (AvgIpc) is 2.94. The third-order valence-electron chi connectivity index (χ3n) is 4.51. The third-order valence-corrected chi connectivity index (χ3v) is 4.51. The topological polar surface area (TPSA) is 121 Å². The molecule has 0 bridgehead atoms. The molecule has 1 aliphatic heterocycles. The van der Waals surface area contributed by atoms with Gasteiger partial charge >= 0.3 is 0 Å². The average molecular weight is 434 g/mol. The Morgan fingerprint density at radius 1 is 1.20 bits per heavy atom. The smallest absolute Gasteiger partial charge is 0.277 e. The predicted molar refractivity (Wildman–Crippen MR) is 106 cm³/mol. The standard InChI is InChI=1S/C19H32F2N4O5/c1-19(20,21)16-10-23-18(24-15-3-2-14(11-26)12-29-13-15)25-17(16)30-9-8-28-7-6-27-5-4-22/h10,14-15,26H,2-9,11-13,22H2,1H3,(H,23,24,25)/t14-,15+/m0/s1. The maximum atomic E-state index is 13.9. The van der Waals surface area contributed by atoms with Crippen molar-refractivity contribution in [2.75, 3.05) is 64.7 Å². The van der Waals surface area contributed by atoms with Crippen molar-refractivity contribution in [2.24, 2.45) is 11.7 Å². The fourth-order valence-corrected chi connectivity index (χ4v) is 2.87. The van der Waals surface area contributed by atoms with Crippen LogP contribution < -0.4 is 15.8 Å². The van der Waals surface area contributed by atoms with Crippen molar-refractivity contribution < 1.29 is 32.8 Å². The van der Waals surface area contributed by atoms with Crippen LogP contribution >= 0.6 is 0 Å². The molecule has 4 N–H and O–H groups in total. The fourth-order valence-electron chi connectivity index (χ4n) is 2.87. The number of nitrogens with zero attached hydrogens (tertiary/aromatic N) is 2. The normalized spacial score (nSPS) is 20.0. The van der Waals surface area contributed by atoms with Crippen molar-refractivity contribution in [1.29, 1.82) is 0 Å². The monoisotopic (exact) mass is 434 g/mol. The van der Waals surface area contributed by atoms with E-state index in [1.165, 1.54) is 0 Å². The SMILES string of the molecule is CC(F)(F)c1cnc(N[C@@H]2CC[C@@H](CO)COC2)nc1OCCOCCOCCN. The molecule has 0 aromatic carbocycles. The molecule has 11 heteroatoms. The Balaban J connectivity index is 1.91. The van der Waals surface area contributed by atoms with Gasteiger partial charge in [-0.3, -0.25) is 0 Å². The largest absolute Gasteiger partial charge is 0.475 e. The first-order valence-corrected chi connectivity index (χ1v) is 10.1. The number of alkyl halides is 2. The number of halogens is 2. The van der Waals surface area contributed by atoms with Gasteiger partial charge in [0.05, 0.1) is 45.7 Å². The number of nitrogens with one attached hydrogen (secondary N) is 1. The molecular formula is C19H32F2N4O5. The first-order valence-electron chi connectivity index (χ1n) is 10.1. The molecule has 2 atom stereocenters. The van der Waals surface area contributed by atoms with Crippen molar-refractivity contribution in [3.8, 4) is 5.88 Å². The van der Waals surface area contributed by atoms with E-state index in [-0.39, 0.29) is 43.6 Å². The minimum atomic E-state index is -3.15. The molecule has 1 aromatic rings. The van der Waals surface area contributed by atoms with E-state index in [9.17, 15) is 13.9 Å². The van der Waals surface area contributed by atoms with Crippen molar-refractivity contribution in [3.05, 3.63) is 11.8 Å². The second-order valence-corrected chi connectivity index (χ2v) is 7.17. The molecule has 0 saturated carbocycles. The van der Waals surface area contributed by atoms with E-state index in [2.05, 4.69) is 15.3 Å². The molecule has 30 heavy (non-hydrogen) atoms. The minimum Gasteiger partial charge on any atom is -0.475 e. The van der Waals surface area contributed by atoms with Crippen LogP contribution in [-0.2, 0) is 20.1 Å². The highest BCUT2D eigenvalue weighted by Gasteiger charge is 2.31. The van der Waals surface area contributed by atoms with E-state index < -0.39 is 11.5 Å². The quantitative estimate of drug-likeness (QED) is 0.393. The molecule has 0 spiro atoms. The summed E-state index contributed by atoms with van der Waals surface area (Å²) in [6, 6.07) is -0.0840. The number of anilines is 1. The third kappa shape index (κ3) is 8.60. The number of aliphatic hydroxyl groups is 1. The molecule has 2 heterocycles. The summed E-state index contributed by atoms with van der Waals surface area (Å²) in [6.07, 6.45) is 2.60. The van der Waals surface area contributed by atoms with Gasteiger partial charge in [-0.25, -0.2) is 13.8 Å². The summed E-state index contributed by atoms with van der Waals surface area (Å²) in [6.45, 7) is 3.66. The zero-order valence-corrected chi connectivity index (χ0v) is 17.3. The summed E-state index contributed by atoms with van der Waals surface area (Å²) in [4.78, 5) is 8.15. The molecule has 0 unspecified atom stereocenters. The van der Waals surface area contributed by atoms with Gasteiger partial charge in [0, 0.05) is 32.2 Å². The van der Waals surface area contributed by atoms with Gasteiger partial charge < -0.3 is 35.1 Å². The number of rotatable bonds is 13. The zero-order chi connectivity index (χ0) is 21.8. The number of nitrogens with two attached hydrogens (primary N) is 1. The van der Waals surface area contributed by atoms with Gasteiger partial charge in [-0.05, 0) is 12.8 Å². The van der Waals surface area contributed by atoms with Crippen LogP contribution in [0.5, 0.6) is 5.88 Å². The van der Waals surface area contributed by atoms with Crippen LogP contribution in [-0.4, -0.2) is 80.5 Å². The van der Waals surface area contributed by atoms with Gasteiger partial charge in [-0.2, -0.15) is 4.98 Å². The van der Waals surface area contributed by atoms with E-state index >= 15 is 0 Å². The van der Waals surface area contributed by atoms with E-state index in [1.807, 2.05) is 0 Å². The molecule has 0 amide bonds. The Bertz CT molecular complexity index is 621. The Morgan fingerprint density at radius 3 is 2.63 bits per heavy atom. The molecule has 9 nitrogen and oxygen atoms in total. The molecule has 1 aromatic heterocycles. The molecule has 172 valence electrons. The van der Waals surface area contributed by atoms with Crippen molar-refractivity contribution in [2.45, 2.75) is 31.7 Å². The van der Waals surface area contributed by atoms with Gasteiger partial charge in [0.25, 0.3) is 5.92 Å². The van der Waals surface area contributed by atoms with E-state index in [0.717, 1.165) is 26.0 Å². The molecule has 0 radical (unpaired) electrons. The lowest BCUT2D eigenvalue weighted by Crippen LogP contribution is -2.25. The van der Waals surface area contributed by atoms with Crippen LogP contribution in [0.2, 0.25) is 0 Å². The summed E-state index contributed by atoms with van der Waals surface area (Å²) in [5, 5.41) is 12.4. The number of aliphatic hydroxyl groups excluding tert-OH is 1. The maximum Gasteiger partial charge on any atom is 0.277 e. The summed E-state index contributed by atoms with van der Waals surface area (Å²) in [5.41, 5.74) is 4.92. The van der Waals surface area contributed by atoms with Gasteiger partial charge in [0.1, 0.15) is 12.2 Å². The summed E-state index contributed by atoms with van der Waals surface area (Å²) in [5.74, 6) is -3.06. The maximum absolute atomic E-state index is 13.9. The predicted octanol–water partition coefficient (Wildman–Crippen LogP) is 1.16. The van der Waals surface area contributed by atoms with Crippen LogP contribution in [0, 0.1) is 5.92 Å². The van der Waals surface area contributed by atoms with Crippen molar-refractivity contribution in [3.63, 3.8) is 0 Å². The Kier molecular flexibility index (Phi) is 10.6. The zero-order valence-electron chi connectivity index (χ0n) is 17.3. The first kappa shape index (κ1) is 24.6. The van der Waals surface area contributed by atoms with Gasteiger partial charge in [0.15, 0.2) is 0 Å². The molecular weight excluding hydrogens is 402 g/mol. The molecule has 1 fully saturated rings. The molecule has 1 saturated heterocycles. The summed E-state index contributed by atoms with van der Waals surface area (Å²) in [7, 11) is 0. The van der Waals surface area contributed by atoms with Crippen LogP contribution in [0.15, 0.2) is 6.20 Å². The minimum absolute atomic E-state index is 0.0567. The second kappa shape index (κ2) is 12.9. The van der Waals surface area contributed by atoms with Gasteiger partial charge in [0.2, 0.25) is 11.8 Å². The van der Waals surface area contributed by atoms with Gasteiger partial charge in [-0.1, -0.05) is 0 Å². The van der Waals surface area contributed by atoms with Crippen molar-refractivity contribution in [1.82, 2.24) is 9.97 Å². The van der Waals surface area contributed by atoms with Crippen molar-refractivity contribution >= 4 is 5.95 Å². The number of ether oxygens (including phenoxy) is 4. The van der Waals surface area contributed by atoms with E-state index in [1.54, 1.807) is 0 Å². The highest BCUT2D eigenvalue weighted by molar-refractivity contribution is 5.36. The fraction of sp³-hybridized carbons (Fsp3) is 0.789. The van der Waals surface area contributed by atoms with Crippen LogP contribution in [0.1, 0.15) is 25.3 Å². The lowest BCUT2D eigenvalue weighted by molar-refractivity contribution is 0.0106. The highest BCUT2D eigenvalue weighted by atomic mass is 19.3. The molecule has 2 rings (SSSR count). The van der Waals surface area contributed by atoms with E-state index in [4.69, 9.17) is 24.7 Å². The number of hydrogen-bond donors (Lipinski definition) is 3. The number of hydrogen-bond acceptors (Lipinski definition) is 9. The lowest BCUT2D eigenvalue weighted by atomic mass is 10.0. The van der Waals surface area contributed by atoms with Gasteiger partial charge in [-0.15, -0.1) is 0 Å². The lowest BCUT2D eigenvalue weighted by Gasteiger charge is -2.19. The van der Waals surface area contributed by atoms with Crippen LogP contribution in [0.4, 0.5) is 14.7 Å². The second-order valence-electron chi connectivity index (χ2n) is 7.17. The van der Waals surface area contributed by atoms with Crippen LogP contribution in [0.25, 0.3) is 0 Å². The van der Waals surface area contributed by atoms with E-state index in [0.29, 0.717) is 39.6 Å². The molecule has 0 aliphatic carbocycles. The molecule has 1 aliphatic rings. The van der Waals surface area contributed by atoms with Crippen LogP contribution in [0.3, 0.4) is 0 Å².